The summed E-state index contributed by atoms with van der Waals surface area (Å²) >= 11 is 0. The van der Waals surface area contributed by atoms with Gasteiger partial charge in [0.2, 0.25) is 0 Å². The number of nitrogens with two attached hydrogens (primary N) is 1. The van der Waals surface area contributed by atoms with E-state index in [0.717, 1.165) is 29.8 Å². The van der Waals surface area contributed by atoms with Gasteiger partial charge in [-0.3, -0.25) is 4.39 Å². The highest BCUT2D eigenvalue weighted by Crippen LogP contribution is 2.34. The Morgan fingerprint density at radius 2 is 1.95 bits per heavy atom. The molecule has 2 saturated carbocycles. The van der Waals surface area contributed by atoms with Gasteiger partial charge in [-0.1, -0.05) is 0 Å². The van der Waals surface area contributed by atoms with Crippen molar-refractivity contribution >= 4 is 15.6 Å². The Kier molecular flexibility index (Phi) is 7.55. The molecule has 3 aliphatic rings. The first kappa shape index (κ1) is 28.4. The lowest BCUT2D eigenvalue weighted by atomic mass is 9.84. The van der Waals surface area contributed by atoms with Gasteiger partial charge in [0.1, 0.15) is 0 Å². The van der Waals surface area contributed by atoms with E-state index in [1.807, 2.05) is 0 Å². The fourth-order valence-electron chi connectivity index (χ4n) is 5.46. The molecule has 0 aromatic carbocycles. The maximum Gasteiger partial charge on any atom is 0.333 e. The van der Waals surface area contributed by atoms with E-state index in [0.29, 0.717) is 58.1 Å². The predicted octanol–water partition coefficient (Wildman–Crippen LogP) is 3.42. The molecular weight excluding hydrogens is 571 g/mol. The molecule has 0 radical (unpaired) electrons. The van der Waals surface area contributed by atoms with Crippen molar-refractivity contribution in [2.24, 2.45) is 11.7 Å². The van der Waals surface area contributed by atoms with Crippen LogP contribution in [0.2, 0.25) is 0 Å². The van der Waals surface area contributed by atoms with Crippen LogP contribution in [-0.4, -0.2) is 55.3 Å². The molecule has 15 heteroatoms. The molecule has 224 valence electrons. The number of halogens is 3. The van der Waals surface area contributed by atoms with Crippen molar-refractivity contribution in [1.82, 2.24) is 39.6 Å². The normalized spacial score (nSPS) is 24.7. The van der Waals surface area contributed by atoms with E-state index < -0.39 is 27.5 Å². The van der Waals surface area contributed by atoms with Gasteiger partial charge in [-0.05, 0) is 69.1 Å². The number of hydrogen-bond acceptors (Lipinski definition) is 9. The molecule has 0 saturated heterocycles. The zero-order valence-corrected chi connectivity index (χ0v) is 23.5. The van der Waals surface area contributed by atoms with Gasteiger partial charge in [-0.15, -0.1) is 0 Å². The second-order valence-corrected chi connectivity index (χ2v) is 13.1. The summed E-state index contributed by atoms with van der Waals surface area (Å²) in [6.07, 6.45) is 14.1. The topological polar surface area (TPSA) is 146 Å². The van der Waals surface area contributed by atoms with Crippen LogP contribution in [0.3, 0.4) is 0 Å². The third kappa shape index (κ3) is 5.67. The zero-order valence-electron chi connectivity index (χ0n) is 22.7. The SMILES string of the molecule is NC1(c2ccnc(-c3cnn(S(=O)(=O)C4CC4)c3)n2)C=C(NC2CCC(CCF)CC2)C(c2ccn(C(F)F)n2)=CN1. The molecule has 1 unspecified atom stereocenters. The van der Waals surface area contributed by atoms with Gasteiger partial charge in [0.05, 0.1) is 41.3 Å². The highest BCUT2D eigenvalue weighted by molar-refractivity contribution is 7.90. The highest BCUT2D eigenvalue weighted by atomic mass is 32.2. The van der Waals surface area contributed by atoms with Crippen molar-refractivity contribution in [1.29, 1.82) is 0 Å². The molecule has 4 heterocycles. The van der Waals surface area contributed by atoms with Crippen LogP contribution < -0.4 is 16.4 Å². The van der Waals surface area contributed by atoms with E-state index in [2.05, 4.69) is 30.8 Å². The summed E-state index contributed by atoms with van der Waals surface area (Å²) < 4.78 is 66.1. The molecule has 3 aromatic rings. The average molecular weight is 604 g/mol. The van der Waals surface area contributed by atoms with Gasteiger partial charge in [0.15, 0.2) is 11.5 Å². The summed E-state index contributed by atoms with van der Waals surface area (Å²) in [7, 11) is -3.55. The molecule has 11 nitrogen and oxygen atoms in total. The minimum Gasteiger partial charge on any atom is -0.382 e. The van der Waals surface area contributed by atoms with E-state index >= 15 is 0 Å². The molecule has 6 rings (SSSR count). The van der Waals surface area contributed by atoms with Crippen LogP contribution in [0.25, 0.3) is 17.0 Å². The van der Waals surface area contributed by atoms with Gasteiger partial charge < -0.3 is 16.4 Å². The lowest BCUT2D eigenvalue weighted by Gasteiger charge is -2.35. The molecule has 42 heavy (non-hydrogen) atoms. The van der Waals surface area contributed by atoms with Crippen LogP contribution in [0.4, 0.5) is 13.2 Å². The smallest absolute Gasteiger partial charge is 0.333 e. The van der Waals surface area contributed by atoms with Gasteiger partial charge in [-0.25, -0.2) is 23.1 Å². The molecule has 2 aliphatic carbocycles. The third-order valence-electron chi connectivity index (χ3n) is 8.03. The van der Waals surface area contributed by atoms with E-state index in [9.17, 15) is 21.6 Å². The standard InChI is InChI=1S/C27H32F3N9O2S/c28-10-7-17-1-3-19(4-2-17)35-23-13-27(31,33-15-21(23)22-9-12-38(37-22)26(29)30)24-8-11-32-25(36-24)18-14-34-39(16-18)42(40,41)20-5-6-20/h8-9,11-17,19-20,26,33,35H,1-7,10,31H2. The minimum atomic E-state index is -3.55. The second kappa shape index (κ2) is 11.2. The Morgan fingerprint density at radius 1 is 1.17 bits per heavy atom. The third-order valence-corrected chi connectivity index (χ3v) is 10.1. The monoisotopic (exact) mass is 603 g/mol. The Balaban J connectivity index is 1.29. The minimum absolute atomic E-state index is 0.0789. The van der Waals surface area contributed by atoms with Crippen LogP contribution in [0.1, 0.15) is 62.9 Å². The van der Waals surface area contributed by atoms with Crippen molar-refractivity contribution < 1.29 is 21.6 Å². The fraction of sp³-hybridized carbons (Fsp3) is 0.481. The second-order valence-electron chi connectivity index (χ2n) is 11.0. The maximum absolute atomic E-state index is 13.3. The molecule has 2 fully saturated rings. The number of alkyl halides is 3. The lowest BCUT2D eigenvalue weighted by molar-refractivity contribution is 0.0565. The highest BCUT2D eigenvalue weighted by Gasteiger charge is 2.38. The van der Waals surface area contributed by atoms with Crippen LogP contribution in [0.15, 0.2) is 54.9 Å². The molecule has 1 atom stereocenters. The number of rotatable bonds is 10. The average Bonchev–Trinajstić information content (AvgIpc) is 3.52. The van der Waals surface area contributed by atoms with E-state index in [-0.39, 0.29) is 18.5 Å². The Bertz CT molecular complexity index is 1610. The number of dihydropyridines is 1. The fourth-order valence-corrected chi connectivity index (χ4v) is 6.94. The summed E-state index contributed by atoms with van der Waals surface area (Å²) in [6, 6.07) is 3.23. The predicted molar refractivity (Wildman–Crippen MR) is 149 cm³/mol. The number of nitrogens with zero attached hydrogens (tertiary/aromatic N) is 6. The Hall–Kier alpha value is -3.72. The van der Waals surface area contributed by atoms with Crippen molar-refractivity contribution in [3.8, 4) is 11.4 Å². The van der Waals surface area contributed by atoms with E-state index in [4.69, 9.17) is 5.73 Å². The molecule has 4 N–H and O–H groups in total. The van der Waals surface area contributed by atoms with Gasteiger partial charge in [-0.2, -0.15) is 23.1 Å². The van der Waals surface area contributed by atoms with Crippen LogP contribution >= 0.6 is 0 Å². The number of nitrogens with one attached hydrogen (secondary N) is 2. The number of hydrogen-bond donors (Lipinski definition) is 3. The maximum atomic E-state index is 13.3. The number of allylic oxidation sites excluding steroid dienone is 1. The lowest BCUT2D eigenvalue weighted by Crippen LogP contribution is -2.50. The van der Waals surface area contributed by atoms with Crippen LogP contribution in [0, 0.1) is 5.92 Å². The Labute approximate surface area is 241 Å². The summed E-state index contributed by atoms with van der Waals surface area (Å²) in [5.41, 5.74) is 7.82. The molecular formula is C27H32F3N9O2S. The van der Waals surface area contributed by atoms with Gasteiger partial charge in [0, 0.05) is 35.9 Å². The summed E-state index contributed by atoms with van der Waals surface area (Å²) in [6.45, 7) is -3.11. The first-order valence-electron chi connectivity index (χ1n) is 14.0. The summed E-state index contributed by atoms with van der Waals surface area (Å²) in [4.78, 5) is 8.93. The zero-order chi connectivity index (χ0) is 29.5. The van der Waals surface area contributed by atoms with Gasteiger partial charge in [0.25, 0.3) is 10.0 Å². The van der Waals surface area contributed by atoms with Crippen molar-refractivity contribution in [2.75, 3.05) is 6.67 Å². The largest absolute Gasteiger partial charge is 0.382 e. The molecule has 0 spiro atoms. The Morgan fingerprint density at radius 3 is 2.64 bits per heavy atom. The van der Waals surface area contributed by atoms with Crippen LogP contribution in [-0.2, 0) is 15.7 Å². The van der Waals surface area contributed by atoms with Gasteiger partial charge >= 0.3 is 6.55 Å². The van der Waals surface area contributed by atoms with Crippen molar-refractivity contribution in [3.05, 3.63) is 66.3 Å². The molecule has 0 bridgehead atoms. The quantitative estimate of drug-likeness (QED) is 0.317. The van der Waals surface area contributed by atoms with Crippen LogP contribution in [0.5, 0.6) is 0 Å². The van der Waals surface area contributed by atoms with Crippen molar-refractivity contribution in [3.63, 3.8) is 0 Å². The van der Waals surface area contributed by atoms with E-state index in [1.165, 1.54) is 30.9 Å². The molecule has 1 aliphatic heterocycles. The van der Waals surface area contributed by atoms with E-state index in [1.54, 1.807) is 18.3 Å². The number of aromatic nitrogens is 6. The molecule has 0 amide bonds. The summed E-state index contributed by atoms with van der Waals surface area (Å²) in [5.74, 6) is 0.597. The molecule has 3 aromatic heterocycles. The summed E-state index contributed by atoms with van der Waals surface area (Å²) in [5, 5.41) is 14.3. The first-order chi connectivity index (χ1) is 20.2. The first-order valence-corrected chi connectivity index (χ1v) is 15.5. The van der Waals surface area contributed by atoms with Crippen molar-refractivity contribution in [2.45, 2.75) is 68.4 Å².